The van der Waals surface area contributed by atoms with Crippen LogP contribution in [0.2, 0.25) is 10.0 Å². The van der Waals surface area contributed by atoms with E-state index in [9.17, 15) is 21.6 Å². The van der Waals surface area contributed by atoms with Crippen molar-refractivity contribution in [3.8, 4) is 11.4 Å². The van der Waals surface area contributed by atoms with E-state index >= 15 is 0 Å². The number of sulfonamides is 1. The molecular formula is C11H8Cl2F3N3O2S. The molecule has 1 aromatic heterocycles. The zero-order valence-corrected chi connectivity index (χ0v) is 13.1. The van der Waals surface area contributed by atoms with E-state index in [0.717, 1.165) is 0 Å². The summed E-state index contributed by atoms with van der Waals surface area (Å²) < 4.78 is 60.7. The van der Waals surface area contributed by atoms with Gasteiger partial charge in [-0.2, -0.15) is 13.2 Å². The second-order valence-electron chi connectivity index (χ2n) is 4.37. The predicted octanol–water partition coefficient (Wildman–Crippen LogP) is 3.36. The number of rotatable bonds is 2. The second-order valence-corrected chi connectivity index (χ2v) is 6.66. The van der Waals surface area contributed by atoms with Gasteiger partial charge in [0.2, 0.25) is 0 Å². The average Bonchev–Trinajstić information content (AvgIpc) is 2.68. The molecule has 5 nitrogen and oxygen atoms in total. The Morgan fingerprint density at radius 3 is 2.09 bits per heavy atom. The van der Waals surface area contributed by atoms with Crippen LogP contribution in [-0.2, 0) is 16.2 Å². The molecule has 1 aromatic carbocycles. The first-order valence-corrected chi connectivity index (χ1v) is 7.87. The third kappa shape index (κ3) is 3.22. The van der Waals surface area contributed by atoms with Gasteiger partial charge in [0.25, 0.3) is 10.0 Å². The first-order valence-electron chi connectivity index (χ1n) is 5.57. The van der Waals surface area contributed by atoms with E-state index in [4.69, 9.17) is 28.3 Å². The lowest BCUT2D eigenvalue weighted by molar-refractivity contribution is -0.137. The first kappa shape index (κ1) is 17.1. The number of imidazole rings is 1. The molecule has 3 N–H and O–H groups in total. The molecule has 22 heavy (non-hydrogen) atoms. The number of aromatic amines is 1. The maximum atomic E-state index is 12.7. The monoisotopic (exact) mass is 373 g/mol. The highest BCUT2D eigenvalue weighted by Crippen LogP contribution is 2.39. The van der Waals surface area contributed by atoms with Crippen molar-refractivity contribution in [3.05, 3.63) is 33.4 Å². The standard InChI is InChI=1S/C11H8Cl2F3N3O2S/c1-4-10(22(17,20)21)19-9(18-4)8-6(12)2-5(3-7(8)13)11(14,15)16/h2-3H,1H3,(H,18,19)(H2,17,20,21). The maximum Gasteiger partial charge on any atom is 0.416 e. The lowest BCUT2D eigenvalue weighted by atomic mass is 10.1. The number of halogens is 5. The molecule has 1 heterocycles. The molecular weight excluding hydrogens is 366 g/mol. The fraction of sp³-hybridized carbons (Fsp3) is 0.182. The van der Waals surface area contributed by atoms with Crippen molar-refractivity contribution in [1.29, 1.82) is 0 Å². The van der Waals surface area contributed by atoms with Crippen LogP contribution < -0.4 is 5.14 Å². The Morgan fingerprint density at radius 2 is 1.73 bits per heavy atom. The third-order valence-electron chi connectivity index (χ3n) is 2.72. The van der Waals surface area contributed by atoms with Crippen LogP contribution in [0.1, 0.15) is 11.3 Å². The molecule has 120 valence electrons. The number of hydrogen-bond acceptors (Lipinski definition) is 3. The van der Waals surface area contributed by atoms with Gasteiger partial charge in [-0.1, -0.05) is 23.2 Å². The third-order valence-corrected chi connectivity index (χ3v) is 4.25. The van der Waals surface area contributed by atoms with E-state index in [1.54, 1.807) is 0 Å². The molecule has 0 unspecified atom stereocenters. The highest BCUT2D eigenvalue weighted by Gasteiger charge is 2.32. The Kier molecular flexibility index (Phi) is 4.20. The van der Waals surface area contributed by atoms with Crippen molar-refractivity contribution in [2.45, 2.75) is 18.1 Å². The lowest BCUT2D eigenvalue weighted by Crippen LogP contribution is -2.13. The summed E-state index contributed by atoms with van der Waals surface area (Å²) in [5.74, 6) is -0.0924. The molecule has 0 aliphatic heterocycles. The number of aryl methyl sites for hydroxylation is 1. The van der Waals surface area contributed by atoms with Crippen molar-refractivity contribution in [1.82, 2.24) is 9.97 Å². The fourth-order valence-corrected chi connectivity index (χ4v) is 3.17. The van der Waals surface area contributed by atoms with E-state index in [0.29, 0.717) is 12.1 Å². The molecule has 0 aliphatic carbocycles. The van der Waals surface area contributed by atoms with E-state index < -0.39 is 26.8 Å². The minimum atomic E-state index is -4.61. The maximum absolute atomic E-state index is 12.7. The molecule has 0 atom stereocenters. The molecule has 0 radical (unpaired) electrons. The molecule has 2 rings (SSSR count). The average molecular weight is 374 g/mol. The number of alkyl halides is 3. The molecule has 0 saturated carbocycles. The van der Waals surface area contributed by atoms with Gasteiger partial charge in [-0.05, 0) is 19.1 Å². The second kappa shape index (κ2) is 5.41. The van der Waals surface area contributed by atoms with Gasteiger partial charge in [-0.25, -0.2) is 18.5 Å². The summed E-state index contributed by atoms with van der Waals surface area (Å²) in [5, 5.41) is 3.90. The topological polar surface area (TPSA) is 88.8 Å². The Hall–Kier alpha value is -1.29. The summed E-state index contributed by atoms with van der Waals surface area (Å²) >= 11 is 11.7. The summed E-state index contributed by atoms with van der Waals surface area (Å²) in [6, 6.07) is 1.36. The van der Waals surface area contributed by atoms with Crippen molar-refractivity contribution in [3.63, 3.8) is 0 Å². The minimum absolute atomic E-state index is 0.0469. The fourth-order valence-electron chi connectivity index (χ4n) is 1.80. The van der Waals surface area contributed by atoms with Gasteiger partial charge in [0.15, 0.2) is 5.03 Å². The molecule has 11 heteroatoms. The van der Waals surface area contributed by atoms with Crippen molar-refractivity contribution in [2.75, 3.05) is 0 Å². The molecule has 0 saturated heterocycles. The number of hydrogen-bond donors (Lipinski definition) is 2. The van der Waals surface area contributed by atoms with Crippen molar-refractivity contribution in [2.24, 2.45) is 5.14 Å². The van der Waals surface area contributed by atoms with Crippen molar-refractivity contribution < 1.29 is 21.6 Å². The van der Waals surface area contributed by atoms with Crippen LogP contribution in [0.5, 0.6) is 0 Å². The smallest absolute Gasteiger partial charge is 0.341 e. The van der Waals surface area contributed by atoms with Gasteiger partial charge < -0.3 is 4.98 Å². The van der Waals surface area contributed by atoms with Crippen molar-refractivity contribution >= 4 is 33.2 Å². The molecule has 0 bridgehead atoms. The number of H-pyrrole nitrogens is 1. The van der Waals surface area contributed by atoms with Gasteiger partial charge >= 0.3 is 6.18 Å². The first-order chi connectivity index (χ1) is 9.91. The van der Waals surface area contributed by atoms with E-state index in [1.807, 2.05) is 0 Å². The highest BCUT2D eigenvalue weighted by atomic mass is 35.5. The highest BCUT2D eigenvalue weighted by molar-refractivity contribution is 7.89. The largest absolute Gasteiger partial charge is 0.416 e. The molecule has 0 aliphatic rings. The van der Waals surface area contributed by atoms with Crippen LogP contribution in [0, 0.1) is 6.92 Å². The number of nitrogens with zero attached hydrogens (tertiary/aromatic N) is 1. The molecule has 0 amide bonds. The van der Waals surface area contributed by atoms with Crippen LogP contribution in [0.3, 0.4) is 0 Å². The Balaban J connectivity index is 2.65. The van der Waals surface area contributed by atoms with E-state index in [-0.39, 0.29) is 27.1 Å². The summed E-state index contributed by atoms with van der Waals surface area (Å²) in [7, 11) is -4.09. The normalized spacial score (nSPS) is 12.7. The van der Waals surface area contributed by atoms with Crippen LogP contribution in [0.25, 0.3) is 11.4 Å². The molecule has 2 aromatic rings. The number of aromatic nitrogens is 2. The van der Waals surface area contributed by atoms with Gasteiger partial charge in [0.1, 0.15) is 5.82 Å². The van der Waals surface area contributed by atoms with Crippen LogP contribution in [0.15, 0.2) is 17.2 Å². The van der Waals surface area contributed by atoms with Crippen LogP contribution >= 0.6 is 23.2 Å². The zero-order valence-electron chi connectivity index (χ0n) is 10.8. The summed E-state index contributed by atoms with van der Waals surface area (Å²) in [5.41, 5.74) is -0.958. The summed E-state index contributed by atoms with van der Waals surface area (Å²) in [4.78, 5) is 6.33. The van der Waals surface area contributed by atoms with Gasteiger partial charge in [-0.3, -0.25) is 0 Å². The zero-order chi connectivity index (χ0) is 16.9. The number of benzene rings is 1. The SMILES string of the molecule is Cc1[nH]c(-c2c(Cl)cc(C(F)(F)F)cc2Cl)nc1S(N)(=O)=O. The van der Waals surface area contributed by atoms with Crippen LogP contribution in [0.4, 0.5) is 13.2 Å². The number of nitrogens with two attached hydrogens (primary N) is 1. The molecule has 0 spiro atoms. The Labute approximate surface area is 133 Å². The van der Waals surface area contributed by atoms with Crippen LogP contribution in [-0.4, -0.2) is 18.4 Å². The predicted molar refractivity (Wildman–Crippen MR) is 75.2 cm³/mol. The van der Waals surface area contributed by atoms with Gasteiger partial charge in [0.05, 0.1) is 26.9 Å². The summed E-state index contributed by atoms with van der Waals surface area (Å²) in [6.07, 6.45) is -4.61. The minimum Gasteiger partial charge on any atom is -0.341 e. The number of nitrogens with one attached hydrogen (secondary N) is 1. The van der Waals surface area contributed by atoms with Gasteiger partial charge in [-0.15, -0.1) is 0 Å². The summed E-state index contributed by atoms with van der Waals surface area (Å²) in [6.45, 7) is 1.39. The van der Waals surface area contributed by atoms with E-state index in [2.05, 4.69) is 9.97 Å². The number of primary sulfonamides is 1. The quantitative estimate of drug-likeness (QED) is 0.845. The Bertz CT molecular complexity index is 824. The molecule has 0 fully saturated rings. The van der Waals surface area contributed by atoms with Gasteiger partial charge in [0, 0.05) is 0 Å². The Morgan fingerprint density at radius 1 is 1.23 bits per heavy atom. The van der Waals surface area contributed by atoms with E-state index in [1.165, 1.54) is 6.92 Å². The lowest BCUT2D eigenvalue weighted by Gasteiger charge is -2.10.